The molecule has 3 aliphatic rings. The lowest BCUT2D eigenvalue weighted by Crippen LogP contribution is -2.65. The Bertz CT molecular complexity index is 424. The normalized spacial score (nSPS) is 35.2. The maximum absolute atomic E-state index is 13.4. The zero-order valence-corrected chi connectivity index (χ0v) is 9.98. The molecule has 2 bridgehead atoms. The van der Waals surface area contributed by atoms with E-state index in [1.807, 2.05) is 6.07 Å². The number of benzene rings is 1. The van der Waals surface area contributed by atoms with E-state index in [-0.39, 0.29) is 11.2 Å². The van der Waals surface area contributed by atoms with Gasteiger partial charge in [-0.15, -0.1) is 11.6 Å². The van der Waals surface area contributed by atoms with Gasteiger partial charge in [-0.3, -0.25) is 0 Å². The van der Waals surface area contributed by atoms with Crippen molar-refractivity contribution in [3.05, 3.63) is 29.6 Å². The molecule has 3 aliphatic carbocycles. The third-order valence-electron chi connectivity index (χ3n) is 4.14. The molecule has 1 aromatic carbocycles. The minimum absolute atomic E-state index is 0.199. The number of hydrogen-bond acceptors (Lipinski definition) is 1. The van der Waals surface area contributed by atoms with E-state index in [1.165, 1.54) is 6.07 Å². The molecule has 0 unspecified atom stereocenters. The van der Waals surface area contributed by atoms with Crippen molar-refractivity contribution < 1.29 is 9.13 Å². The monoisotopic (exact) mass is 240 g/mol. The van der Waals surface area contributed by atoms with Crippen LogP contribution >= 0.6 is 11.6 Å². The molecule has 3 fully saturated rings. The lowest BCUT2D eigenvalue weighted by atomic mass is 9.34. The van der Waals surface area contributed by atoms with Crippen LogP contribution in [-0.2, 0) is 5.41 Å². The summed E-state index contributed by atoms with van der Waals surface area (Å²) in [5.41, 5.74) is 1.64. The quantitative estimate of drug-likeness (QED) is 0.735. The summed E-state index contributed by atoms with van der Waals surface area (Å²) >= 11 is 5.92. The summed E-state index contributed by atoms with van der Waals surface area (Å²) in [7, 11) is 1.57. The molecular formula is C13H14ClFO. The predicted octanol–water partition coefficient (Wildman–Crippen LogP) is 3.49. The SMILES string of the molecule is COc1cc(F)cc(C23CC(CCl)(C2)C3)c1. The van der Waals surface area contributed by atoms with Crippen LogP contribution in [0, 0.1) is 11.2 Å². The molecule has 0 radical (unpaired) electrons. The molecule has 16 heavy (non-hydrogen) atoms. The number of rotatable bonds is 3. The Balaban J connectivity index is 1.89. The van der Waals surface area contributed by atoms with Gasteiger partial charge in [-0.05, 0) is 47.8 Å². The van der Waals surface area contributed by atoms with Crippen LogP contribution in [0.5, 0.6) is 5.75 Å². The lowest BCUT2D eigenvalue weighted by Gasteiger charge is -2.70. The molecule has 1 aromatic rings. The first-order valence-electron chi connectivity index (χ1n) is 5.53. The summed E-state index contributed by atoms with van der Waals surface area (Å²) in [4.78, 5) is 0. The molecule has 86 valence electrons. The fourth-order valence-corrected chi connectivity index (χ4v) is 3.72. The predicted molar refractivity (Wildman–Crippen MR) is 61.6 cm³/mol. The number of halogens is 2. The highest BCUT2D eigenvalue weighted by Gasteiger charge is 2.67. The standard InChI is InChI=1S/C13H14ClFO/c1-16-11-3-9(2-10(15)4-11)13-5-12(6-13,7-13)8-14/h2-4H,5-8H2,1H3. The van der Waals surface area contributed by atoms with E-state index in [2.05, 4.69) is 0 Å². The van der Waals surface area contributed by atoms with Crippen molar-refractivity contribution in [2.45, 2.75) is 24.7 Å². The van der Waals surface area contributed by atoms with E-state index < -0.39 is 0 Å². The fourth-order valence-electron chi connectivity index (χ4n) is 3.43. The van der Waals surface area contributed by atoms with E-state index >= 15 is 0 Å². The second-order valence-electron chi connectivity index (χ2n) is 5.32. The summed E-state index contributed by atoms with van der Waals surface area (Å²) in [5, 5.41) is 0. The molecule has 4 rings (SSSR count). The molecule has 0 heterocycles. The zero-order valence-electron chi connectivity index (χ0n) is 9.22. The average Bonchev–Trinajstić information content (AvgIpc) is 2.13. The minimum Gasteiger partial charge on any atom is -0.497 e. The van der Waals surface area contributed by atoms with Crippen LogP contribution in [0.25, 0.3) is 0 Å². The van der Waals surface area contributed by atoms with Crippen molar-refractivity contribution in [3.8, 4) is 5.75 Å². The molecule has 0 spiro atoms. The topological polar surface area (TPSA) is 9.23 Å². The van der Waals surface area contributed by atoms with E-state index in [1.54, 1.807) is 13.2 Å². The zero-order chi connectivity index (χ0) is 11.4. The van der Waals surface area contributed by atoms with E-state index in [9.17, 15) is 4.39 Å². The maximum atomic E-state index is 13.4. The van der Waals surface area contributed by atoms with Gasteiger partial charge in [0.05, 0.1) is 7.11 Å². The highest BCUT2D eigenvalue weighted by Crippen LogP contribution is 2.74. The third-order valence-corrected chi connectivity index (χ3v) is 4.71. The molecule has 0 N–H and O–H groups in total. The molecule has 3 heteroatoms. The summed E-state index contributed by atoms with van der Waals surface area (Å²) < 4.78 is 18.5. The fraction of sp³-hybridized carbons (Fsp3) is 0.538. The molecule has 0 saturated heterocycles. The van der Waals surface area contributed by atoms with E-state index in [0.29, 0.717) is 11.2 Å². The summed E-state index contributed by atoms with van der Waals surface area (Å²) in [5.74, 6) is 1.14. The van der Waals surface area contributed by atoms with Crippen molar-refractivity contribution in [3.63, 3.8) is 0 Å². The van der Waals surface area contributed by atoms with E-state index in [4.69, 9.17) is 16.3 Å². The number of hydrogen-bond donors (Lipinski definition) is 0. The molecule has 0 aromatic heterocycles. The third kappa shape index (κ3) is 1.22. The van der Waals surface area contributed by atoms with Crippen LogP contribution in [0.1, 0.15) is 24.8 Å². The van der Waals surface area contributed by atoms with E-state index in [0.717, 1.165) is 30.7 Å². The second-order valence-corrected chi connectivity index (χ2v) is 5.59. The van der Waals surface area contributed by atoms with Crippen molar-refractivity contribution in [1.29, 1.82) is 0 Å². The molecule has 1 nitrogen and oxygen atoms in total. The molecule has 3 saturated carbocycles. The highest BCUT2D eigenvalue weighted by molar-refractivity contribution is 6.18. The summed E-state index contributed by atoms with van der Waals surface area (Å²) in [6, 6.07) is 5.02. The Kier molecular flexibility index (Phi) is 2.03. The first-order chi connectivity index (χ1) is 7.61. The first kappa shape index (κ1) is 10.4. The smallest absolute Gasteiger partial charge is 0.127 e. The van der Waals surface area contributed by atoms with Crippen LogP contribution in [0.15, 0.2) is 18.2 Å². The molecular weight excluding hydrogens is 227 g/mol. The van der Waals surface area contributed by atoms with Crippen LogP contribution in [0.2, 0.25) is 0 Å². The summed E-state index contributed by atoms with van der Waals surface area (Å²) in [6.45, 7) is 0. The Hall–Kier alpha value is -0.760. The van der Waals surface area contributed by atoms with Gasteiger partial charge in [-0.2, -0.15) is 0 Å². The highest BCUT2D eigenvalue weighted by atomic mass is 35.5. The molecule has 0 amide bonds. The Morgan fingerprint density at radius 1 is 1.31 bits per heavy atom. The van der Waals surface area contributed by atoms with Crippen molar-refractivity contribution >= 4 is 11.6 Å². The Labute approximate surface area is 99.6 Å². The van der Waals surface area contributed by atoms with Gasteiger partial charge in [-0.1, -0.05) is 0 Å². The molecule has 0 aliphatic heterocycles. The van der Waals surface area contributed by atoms with Gasteiger partial charge < -0.3 is 4.74 Å². The first-order valence-corrected chi connectivity index (χ1v) is 6.06. The lowest BCUT2D eigenvalue weighted by molar-refractivity contribution is -0.122. The maximum Gasteiger partial charge on any atom is 0.127 e. The largest absolute Gasteiger partial charge is 0.497 e. The Morgan fingerprint density at radius 3 is 2.56 bits per heavy atom. The van der Waals surface area contributed by atoms with Gasteiger partial charge in [0, 0.05) is 11.9 Å². The van der Waals surface area contributed by atoms with Gasteiger partial charge in [0.25, 0.3) is 0 Å². The van der Waals surface area contributed by atoms with Crippen molar-refractivity contribution in [2.24, 2.45) is 5.41 Å². The van der Waals surface area contributed by atoms with Crippen molar-refractivity contribution in [2.75, 3.05) is 13.0 Å². The molecule has 0 atom stereocenters. The minimum atomic E-state index is -0.209. The van der Waals surface area contributed by atoms with Crippen molar-refractivity contribution in [1.82, 2.24) is 0 Å². The second kappa shape index (κ2) is 3.13. The van der Waals surface area contributed by atoms with Gasteiger partial charge in [0.2, 0.25) is 0 Å². The van der Waals surface area contributed by atoms with Gasteiger partial charge in [0.1, 0.15) is 11.6 Å². The number of alkyl halides is 1. The summed E-state index contributed by atoms with van der Waals surface area (Å²) in [6.07, 6.45) is 3.32. The van der Waals surface area contributed by atoms with Crippen LogP contribution in [0.3, 0.4) is 0 Å². The average molecular weight is 241 g/mol. The number of ether oxygens (including phenoxy) is 1. The van der Waals surface area contributed by atoms with Crippen LogP contribution < -0.4 is 4.74 Å². The van der Waals surface area contributed by atoms with Crippen LogP contribution in [0.4, 0.5) is 4.39 Å². The van der Waals surface area contributed by atoms with Gasteiger partial charge >= 0.3 is 0 Å². The van der Waals surface area contributed by atoms with Gasteiger partial charge in [-0.25, -0.2) is 4.39 Å². The number of methoxy groups -OCH3 is 1. The van der Waals surface area contributed by atoms with Gasteiger partial charge in [0.15, 0.2) is 0 Å². The Morgan fingerprint density at radius 2 is 2.00 bits per heavy atom. The van der Waals surface area contributed by atoms with Crippen LogP contribution in [-0.4, -0.2) is 13.0 Å².